The van der Waals surface area contributed by atoms with Crippen molar-refractivity contribution in [1.29, 1.82) is 0 Å². The van der Waals surface area contributed by atoms with E-state index in [1.165, 1.54) is 56.1 Å². The number of halogens is 1. The Balaban J connectivity index is 1.34. The number of rotatable bonds is 16. The first kappa shape index (κ1) is 30.3. The summed E-state index contributed by atoms with van der Waals surface area (Å²) < 4.78 is 6.42. The Morgan fingerprint density at radius 1 is 0.923 bits per heavy atom. The van der Waals surface area contributed by atoms with Gasteiger partial charge in [-0.25, -0.2) is 10.2 Å². The van der Waals surface area contributed by atoms with Crippen LogP contribution in [0.4, 0.5) is 0 Å². The van der Waals surface area contributed by atoms with Crippen molar-refractivity contribution < 1.29 is 19.1 Å². The molecule has 3 rings (SSSR count). The van der Waals surface area contributed by atoms with Gasteiger partial charge >= 0.3 is 5.97 Å². The molecule has 0 saturated heterocycles. The molecule has 0 aliphatic rings. The molecule has 0 aliphatic carbocycles. The Morgan fingerprint density at radius 3 is 2.38 bits per heavy atom. The average molecular weight is 570 g/mol. The van der Waals surface area contributed by atoms with Crippen LogP contribution in [0, 0.1) is 0 Å². The first-order valence-corrected chi connectivity index (χ1v) is 14.7. The zero-order valence-corrected chi connectivity index (χ0v) is 23.9. The second-order valence-corrected chi connectivity index (χ2v) is 10.8. The SMILES string of the molecule is CCCCCCCCCCCC(=O)NCC(=O)N/N=C/c1cccc(OC(=O)c2sc3ccccc3c2Cl)c1. The zero-order chi connectivity index (χ0) is 27.9. The second-order valence-electron chi connectivity index (χ2n) is 9.35. The summed E-state index contributed by atoms with van der Waals surface area (Å²) >= 11 is 7.65. The zero-order valence-electron chi connectivity index (χ0n) is 22.3. The number of hydrogen-bond donors (Lipinski definition) is 2. The first-order chi connectivity index (χ1) is 19.0. The van der Waals surface area contributed by atoms with E-state index in [4.69, 9.17) is 16.3 Å². The Kier molecular flexibility index (Phi) is 13.0. The van der Waals surface area contributed by atoms with Crippen molar-refractivity contribution in [1.82, 2.24) is 10.7 Å². The largest absolute Gasteiger partial charge is 0.422 e. The lowest BCUT2D eigenvalue weighted by Crippen LogP contribution is -2.34. The number of nitrogens with one attached hydrogen (secondary N) is 2. The Hall–Kier alpha value is -3.23. The molecule has 2 N–H and O–H groups in total. The molecule has 1 heterocycles. The highest BCUT2D eigenvalue weighted by Crippen LogP contribution is 2.35. The molecule has 7 nitrogen and oxygen atoms in total. The molecule has 2 aromatic carbocycles. The summed E-state index contributed by atoms with van der Waals surface area (Å²) in [6.45, 7) is 2.08. The van der Waals surface area contributed by atoms with Gasteiger partial charge in [-0.15, -0.1) is 11.3 Å². The lowest BCUT2D eigenvalue weighted by Gasteiger charge is -2.05. The van der Waals surface area contributed by atoms with E-state index in [9.17, 15) is 14.4 Å². The molecule has 0 spiro atoms. The van der Waals surface area contributed by atoms with Crippen LogP contribution in [0.1, 0.15) is 86.4 Å². The van der Waals surface area contributed by atoms with Gasteiger partial charge in [-0.05, 0) is 30.2 Å². The van der Waals surface area contributed by atoms with Crippen LogP contribution in [0.5, 0.6) is 5.75 Å². The van der Waals surface area contributed by atoms with Crippen LogP contribution < -0.4 is 15.5 Å². The van der Waals surface area contributed by atoms with E-state index in [-0.39, 0.29) is 12.5 Å². The quantitative estimate of drug-likeness (QED) is 0.0623. The number of nitrogens with zero attached hydrogens (tertiary/aromatic N) is 1. The normalized spacial score (nSPS) is 11.1. The molecule has 0 aliphatic heterocycles. The second kappa shape index (κ2) is 16.7. The number of carbonyl (C=O) groups excluding carboxylic acids is 3. The molecular weight excluding hydrogens is 534 g/mol. The number of hydrogen-bond acceptors (Lipinski definition) is 6. The maximum atomic E-state index is 12.7. The Morgan fingerprint density at radius 2 is 1.64 bits per heavy atom. The van der Waals surface area contributed by atoms with Crippen molar-refractivity contribution in [3.05, 3.63) is 64.0 Å². The lowest BCUT2D eigenvalue weighted by molar-refractivity contribution is -0.126. The van der Waals surface area contributed by atoms with Gasteiger partial charge in [0.05, 0.1) is 17.8 Å². The topological polar surface area (TPSA) is 96.9 Å². The predicted octanol–water partition coefficient (Wildman–Crippen LogP) is 7.26. The molecule has 0 atom stereocenters. The van der Waals surface area contributed by atoms with E-state index in [0.717, 1.165) is 29.3 Å². The maximum absolute atomic E-state index is 12.7. The van der Waals surface area contributed by atoms with Crippen molar-refractivity contribution in [2.45, 2.75) is 71.1 Å². The van der Waals surface area contributed by atoms with Gasteiger partial charge in [0, 0.05) is 16.5 Å². The number of thiophene rings is 1. The molecule has 0 fully saturated rings. The van der Waals surface area contributed by atoms with Gasteiger partial charge in [-0.3, -0.25) is 9.59 Å². The smallest absolute Gasteiger partial charge is 0.355 e. The van der Waals surface area contributed by atoms with Crippen LogP contribution >= 0.6 is 22.9 Å². The fourth-order valence-corrected chi connectivity index (χ4v) is 5.42. The molecule has 0 radical (unpaired) electrons. The van der Waals surface area contributed by atoms with Gasteiger partial charge in [0.2, 0.25) is 5.91 Å². The molecule has 0 saturated carbocycles. The van der Waals surface area contributed by atoms with Crippen LogP contribution in [-0.4, -0.2) is 30.5 Å². The molecular formula is C30H36ClN3O4S. The highest BCUT2D eigenvalue weighted by atomic mass is 35.5. The number of unbranched alkanes of at least 4 members (excludes halogenated alkanes) is 8. The molecule has 208 valence electrons. The lowest BCUT2D eigenvalue weighted by atomic mass is 10.1. The van der Waals surface area contributed by atoms with Crippen LogP contribution in [0.2, 0.25) is 5.02 Å². The standard InChI is InChI=1S/C30H36ClN3O4S/c1-2-3-4-5-6-7-8-9-10-18-26(35)32-21-27(36)34-33-20-22-14-13-15-23(19-22)38-30(37)29-28(31)24-16-11-12-17-25(24)39-29/h11-17,19-20H,2-10,18,21H2,1H3,(H,32,35)(H,34,36)/b33-20+. The summed E-state index contributed by atoms with van der Waals surface area (Å²) in [6, 6.07) is 14.3. The minimum Gasteiger partial charge on any atom is -0.422 e. The average Bonchev–Trinajstić information content (AvgIpc) is 3.28. The van der Waals surface area contributed by atoms with Crippen molar-refractivity contribution in [3.63, 3.8) is 0 Å². The van der Waals surface area contributed by atoms with E-state index in [0.29, 0.717) is 27.6 Å². The summed E-state index contributed by atoms with van der Waals surface area (Å²) in [7, 11) is 0. The first-order valence-electron chi connectivity index (χ1n) is 13.6. The number of amides is 2. The van der Waals surface area contributed by atoms with Gasteiger partial charge < -0.3 is 10.1 Å². The minimum absolute atomic E-state index is 0.134. The number of esters is 1. The van der Waals surface area contributed by atoms with Gasteiger partial charge in [-0.2, -0.15) is 5.10 Å². The fourth-order valence-electron chi connectivity index (χ4n) is 4.04. The molecule has 2 amide bonds. The van der Waals surface area contributed by atoms with Crippen molar-refractivity contribution in [2.75, 3.05) is 6.54 Å². The fraction of sp³-hybridized carbons (Fsp3) is 0.400. The number of ether oxygens (including phenoxy) is 1. The number of benzene rings is 2. The number of hydrazone groups is 1. The monoisotopic (exact) mass is 569 g/mol. The molecule has 9 heteroatoms. The van der Waals surface area contributed by atoms with Crippen molar-refractivity contribution in [3.8, 4) is 5.75 Å². The highest BCUT2D eigenvalue weighted by Gasteiger charge is 2.19. The number of carbonyl (C=O) groups is 3. The summed E-state index contributed by atoms with van der Waals surface area (Å²) in [6.07, 6.45) is 12.5. The van der Waals surface area contributed by atoms with Gasteiger partial charge in [0.1, 0.15) is 10.6 Å². The molecule has 0 unspecified atom stereocenters. The number of fused-ring (bicyclic) bond motifs is 1. The molecule has 39 heavy (non-hydrogen) atoms. The van der Waals surface area contributed by atoms with Gasteiger partial charge in [0.15, 0.2) is 0 Å². The van der Waals surface area contributed by atoms with Crippen LogP contribution in [0.25, 0.3) is 10.1 Å². The van der Waals surface area contributed by atoms with E-state index in [1.807, 2.05) is 24.3 Å². The van der Waals surface area contributed by atoms with Crippen LogP contribution in [0.3, 0.4) is 0 Å². The summed E-state index contributed by atoms with van der Waals surface area (Å²) in [5.41, 5.74) is 3.01. The third kappa shape index (κ3) is 10.5. The van der Waals surface area contributed by atoms with Crippen LogP contribution in [0.15, 0.2) is 53.6 Å². The summed E-state index contributed by atoms with van der Waals surface area (Å²) in [5.74, 6) is -0.770. The van der Waals surface area contributed by atoms with E-state index in [1.54, 1.807) is 24.3 Å². The summed E-state index contributed by atoms with van der Waals surface area (Å²) in [5, 5.41) is 7.74. The van der Waals surface area contributed by atoms with E-state index in [2.05, 4.69) is 22.8 Å². The Labute approximate surface area is 239 Å². The molecule has 1 aromatic heterocycles. The predicted molar refractivity (Wildman–Crippen MR) is 159 cm³/mol. The van der Waals surface area contributed by atoms with Crippen molar-refractivity contribution >= 4 is 57.0 Å². The molecule has 3 aromatic rings. The van der Waals surface area contributed by atoms with Crippen LogP contribution in [-0.2, 0) is 9.59 Å². The van der Waals surface area contributed by atoms with E-state index >= 15 is 0 Å². The van der Waals surface area contributed by atoms with Crippen molar-refractivity contribution in [2.24, 2.45) is 5.10 Å². The summed E-state index contributed by atoms with van der Waals surface area (Å²) in [4.78, 5) is 37.0. The third-order valence-corrected chi connectivity index (χ3v) is 7.80. The van der Waals surface area contributed by atoms with Gasteiger partial charge in [0.25, 0.3) is 5.91 Å². The van der Waals surface area contributed by atoms with Gasteiger partial charge in [-0.1, -0.05) is 100 Å². The maximum Gasteiger partial charge on any atom is 0.355 e. The Bertz CT molecular complexity index is 1270. The third-order valence-electron chi connectivity index (χ3n) is 6.15. The van der Waals surface area contributed by atoms with E-state index < -0.39 is 11.9 Å². The molecule has 0 bridgehead atoms. The highest BCUT2D eigenvalue weighted by molar-refractivity contribution is 7.21. The minimum atomic E-state index is -0.540.